The zero-order valence-corrected chi connectivity index (χ0v) is 7.43. The Morgan fingerprint density at radius 3 is 2.83 bits per heavy atom. The van der Waals surface area contributed by atoms with Gasteiger partial charge in [-0.3, -0.25) is 9.59 Å². The molecule has 2 atom stereocenters. The van der Waals surface area contributed by atoms with Gasteiger partial charge in [-0.1, -0.05) is 12.8 Å². The molecule has 2 fully saturated rings. The van der Waals surface area contributed by atoms with Crippen molar-refractivity contribution in [1.29, 1.82) is 0 Å². The fraction of sp³-hybridized carbons (Fsp3) is 0.800. The smallest absolute Gasteiger partial charge is 0.149 e. The van der Waals surface area contributed by atoms with Gasteiger partial charge in [0.1, 0.15) is 11.6 Å². The van der Waals surface area contributed by atoms with Crippen molar-refractivity contribution in [3.63, 3.8) is 0 Å². The normalized spacial score (nSPS) is 41.6. The monoisotopic (exact) mass is 166 g/mol. The highest BCUT2D eigenvalue weighted by Crippen LogP contribution is 2.43. The summed E-state index contributed by atoms with van der Waals surface area (Å²) in [5, 5.41) is 0. The maximum absolute atomic E-state index is 11.7. The summed E-state index contributed by atoms with van der Waals surface area (Å²) in [6.07, 6.45) is 4.43. The summed E-state index contributed by atoms with van der Waals surface area (Å²) in [4.78, 5) is 23.2. The number of ketones is 2. The number of hydrogen-bond donors (Lipinski definition) is 0. The Labute approximate surface area is 72.3 Å². The molecule has 2 heteroatoms. The minimum Gasteiger partial charge on any atom is -0.299 e. The summed E-state index contributed by atoms with van der Waals surface area (Å²) >= 11 is 0. The first-order valence-corrected chi connectivity index (χ1v) is 4.72. The first-order valence-electron chi connectivity index (χ1n) is 4.72. The SMILES string of the molecule is CC12CCCCC(CC1=O)C2=O. The highest BCUT2D eigenvalue weighted by atomic mass is 16.2. The number of carbonyl (C=O) groups excluding carboxylic acids is 2. The Morgan fingerprint density at radius 1 is 1.33 bits per heavy atom. The second-order valence-electron chi connectivity index (χ2n) is 4.27. The number of rotatable bonds is 0. The van der Waals surface area contributed by atoms with E-state index in [1.807, 2.05) is 6.92 Å². The van der Waals surface area contributed by atoms with Gasteiger partial charge in [0.2, 0.25) is 0 Å². The molecule has 12 heavy (non-hydrogen) atoms. The van der Waals surface area contributed by atoms with Crippen molar-refractivity contribution in [3.8, 4) is 0 Å². The van der Waals surface area contributed by atoms with E-state index in [0.29, 0.717) is 6.42 Å². The molecule has 0 saturated heterocycles. The quantitative estimate of drug-likeness (QED) is 0.513. The van der Waals surface area contributed by atoms with Gasteiger partial charge < -0.3 is 0 Å². The summed E-state index contributed by atoms with van der Waals surface area (Å²) in [6, 6.07) is 0. The molecule has 0 amide bonds. The second-order valence-corrected chi connectivity index (χ2v) is 4.27. The van der Waals surface area contributed by atoms with Crippen molar-refractivity contribution in [2.24, 2.45) is 11.3 Å². The molecule has 0 spiro atoms. The molecule has 2 bridgehead atoms. The average molecular weight is 166 g/mol. The van der Waals surface area contributed by atoms with Crippen molar-refractivity contribution >= 4 is 11.6 Å². The second kappa shape index (κ2) is 2.41. The van der Waals surface area contributed by atoms with Crippen LogP contribution in [0.3, 0.4) is 0 Å². The van der Waals surface area contributed by atoms with Crippen LogP contribution in [0.15, 0.2) is 0 Å². The molecule has 0 aliphatic heterocycles. The minimum atomic E-state index is -0.582. The van der Waals surface area contributed by atoms with E-state index < -0.39 is 5.41 Å². The van der Waals surface area contributed by atoms with Crippen molar-refractivity contribution in [2.45, 2.75) is 39.0 Å². The van der Waals surface area contributed by atoms with Gasteiger partial charge in [-0.15, -0.1) is 0 Å². The van der Waals surface area contributed by atoms with Crippen LogP contribution in [0.1, 0.15) is 39.0 Å². The summed E-state index contributed by atoms with van der Waals surface area (Å²) in [5.74, 6) is 0.493. The number of carbonyl (C=O) groups is 2. The highest BCUT2D eigenvalue weighted by molar-refractivity contribution is 6.13. The predicted molar refractivity (Wildman–Crippen MR) is 44.7 cm³/mol. The Kier molecular flexibility index (Phi) is 1.60. The maximum Gasteiger partial charge on any atom is 0.149 e. The van der Waals surface area contributed by atoms with Gasteiger partial charge in [0.25, 0.3) is 0 Å². The van der Waals surface area contributed by atoms with Crippen molar-refractivity contribution in [1.82, 2.24) is 0 Å². The zero-order valence-electron chi connectivity index (χ0n) is 7.43. The summed E-state index contributed by atoms with van der Waals surface area (Å²) in [7, 11) is 0. The Bertz CT molecular complexity index is 244. The van der Waals surface area contributed by atoms with Gasteiger partial charge >= 0.3 is 0 Å². The van der Waals surface area contributed by atoms with Crippen LogP contribution < -0.4 is 0 Å². The van der Waals surface area contributed by atoms with E-state index >= 15 is 0 Å². The molecular formula is C10H14O2. The predicted octanol–water partition coefficient (Wildman–Crippen LogP) is 1.72. The van der Waals surface area contributed by atoms with Crippen LogP contribution in [0.4, 0.5) is 0 Å². The molecule has 0 heterocycles. The van der Waals surface area contributed by atoms with Crippen LogP contribution in [0, 0.1) is 11.3 Å². The molecule has 2 unspecified atom stereocenters. The zero-order chi connectivity index (χ0) is 8.77. The van der Waals surface area contributed by atoms with Crippen LogP contribution in [0.5, 0.6) is 0 Å². The van der Waals surface area contributed by atoms with E-state index in [2.05, 4.69) is 0 Å². The largest absolute Gasteiger partial charge is 0.299 e. The van der Waals surface area contributed by atoms with Crippen LogP contribution in [-0.2, 0) is 9.59 Å². The van der Waals surface area contributed by atoms with Gasteiger partial charge in [0.05, 0.1) is 5.41 Å². The van der Waals surface area contributed by atoms with E-state index in [9.17, 15) is 9.59 Å². The van der Waals surface area contributed by atoms with Crippen LogP contribution in [-0.4, -0.2) is 11.6 Å². The fourth-order valence-corrected chi connectivity index (χ4v) is 2.49. The Hall–Kier alpha value is -0.660. The number of fused-ring (bicyclic) bond motifs is 2. The van der Waals surface area contributed by atoms with Crippen molar-refractivity contribution < 1.29 is 9.59 Å². The summed E-state index contributed by atoms with van der Waals surface area (Å²) in [6.45, 7) is 1.84. The average Bonchev–Trinajstić information content (AvgIpc) is 2.21. The third-order valence-corrected chi connectivity index (χ3v) is 3.44. The van der Waals surface area contributed by atoms with E-state index in [1.54, 1.807) is 0 Å². The van der Waals surface area contributed by atoms with Gasteiger partial charge in [-0.25, -0.2) is 0 Å². The molecule has 2 aliphatic rings. The van der Waals surface area contributed by atoms with Crippen molar-refractivity contribution in [2.75, 3.05) is 0 Å². The van der Waals surface area contributed by atoms with Gasteiger partial charge in [0.15, 0.2) is 0 Å². The van der Waals surface area contributed by atoms with Crippen LogP contribution >= 0.6 is 0 Å². The number of hydrogen-bond acceptors (Lipinski definition) is 2. The molecule has 2 nitrogen and oxygen atoms in total. The van der Waals surface area contributed by atoms with E-state index in [4.69, 9.17) is 0 Å². The van der Waals surface area contributed by atoms with E-state index in [-0.39, 0.29) is 17.5 Å². The lowest BCUT2D eigenvalue weighted by Crippen LogP contribution is -2.29. The minimum absolute atomic E-state index is 0.0741. The van der Waals surface area contributed by atoms with Crippen LogP contribution in [0.2, 0.25) is 0 Å². The van der Waals surface area contributed by atoms with Crippen molar-refractivity contribution in [3.05, 3.63) is 0 Å². The fourth-order valence-electron chi connectivity index (χ4n) is 2.49. The standard InChI is InChI=1S/C10H14O2/c1-10-5-3-2-4-7(9(10)12)6-8(10)11/h7H,2-6H2,1H3. The van der Waals surface area contributed by atoms with E-state index in [1.165, 1.54) is 0 Å². The molecule has 2 aliphatic carbocycles. The molecule has 2 rings (SSSR count). The van der Waals surface area contributed by atoms with Gasteiger partial charge in [-0.05, 0) is 19.8 Å². The first-order chi connectivity index (χ1) is 5.64. The molecule has 0 radical (unpaired) electrons. The summed E-state index contributed by atoms with van der Waals surface area (Å²) < 4.78 is 0. The number of Topliss-reactive ketones (excluding diaryl/α,β-unsaturated/α-hetero) is 2. The van der Waals surface area contributed by atoms with Gasteiger partial charge in [0, 0.05) is 12.3 Å². The first kappa shape index (κ1) is 7.96. The van der Waals surface area contributed by atoms with Gasteiger partial charge in [-0.2, -0.15) is 0 Å². The molecule has 66 valence electrons. The van der Waals surface area contributed by atoms with E-state index in [0.717, 1.165) is 25.7 Å². The van der Waals surface area contributed by atoms with Crippen LogP contribution in [0.25, 0.3) is 0 Å². The lowest BCUT2D eigenvalue weighted by molar-refractivity contribution is -0.134. The Morgan fingerprint density at radius 2 is 2.08 bits per heavy atom. The summed E-state index contributed by atoms with van der Waals surface area (Å²) in [5.41, 5.74) is -0.582. The topological polar surface area (TPSA) is 34.1 Å². The maximum atomic E-state index is 11.7. The molecular weight excluding hydrogens is 152 g/mol. The molecule has 0 aromatic carbocycles. The lowest BCUT2D eigenvalue weighted by Gasteiger charge is -2.18. The third-order valence-electron chi connectivity index (χ3n) is 3.44. The Balaban J connectivity index is 2.37. The molecule has 0 aromatic rings. The highest BCUT2D eigenvalue weighted by Gasteiger charge is 2.51. The lowest BCUT2D eigenvalue weighted by atomic mass is 9.82. The molecule has 2 saturated carbocycles. The molecule has 0 N–H and O–H groups in total. The molecule has 0 aromatic heterocycles. The third kappa shape index (κ3) is 0.869.